The monoisotopic (exact) mass is 821 g/mol. The van der Waals surface area contributed by atoms with Crippen LogP contribution < -0.4 is 0 Å². The van der Waals surface area contributed by atoms with Gasteiger partial charge < -0.3 is 19.4 Å². The van der Waals surface area contributed by atoms with Gasteiger partial charge in [-0.1, -0.05) is 205 Å². The summed E-state index contributed by atoms with van der Waals surface area (Å²) < 4.78 is 1.46. The maximum absolute atomic E-state index is 11.9. The van der Waals surface area contributed by atoms with E-state index in [1.807, 2.05) is 0 Å². The Morgan fingerprint density at radius 1 is 0.491 bits per heavy atom. The summed E-state index contributed by atoms with van der Waals surface area (Å²) >= 11 is 0. The molecule has 1 aliphatic heterocycles. The zero-order valence-corrected chi connectivity index (χ0v) is 39.0. The van der Waals surface area contributed by atoms with E-state index in [1.54, 1.807) is 13.8 Å². The second-order valence-electron chi connectivity index (χ2n) is 15.6. The zero-order chi connectivity index (χ0) is 41.1. The van der Waals surface area contributed by atoms with Crippen molar-refractivity contribution >= 4 is 11.4 Å². The Balaban J connectivity index is 0.00000607. The summed E-state index contributed by atoms with van der Waals surface area (Å²) in [6.45, 7) is 18.9. The van der Waals surface area contributed by atoms with Crippen LogP contribution in [0.5, 0.6) is 0 Å². The molecule has 0 fully saturated rings. The van der Waals surface area contributed by atoms with Gasteiger partial charge in [-0.05, 0) is 67.5 Å². The molecule has 0 saturated carbocycles. The van der Waals surface area contributed by atoms with Gasteiger partial charge in [-0.25, -0.2) is 4.70 Å². The van der Waals surface area contributed by atoms with E-state index in [0.717, 1.165) is 73.0 Å². The fourth-order valence-corrected chi connectivity index (χ4v) is 7.75. The van der Waals surface area contributed by atoms with Crippen LogP contribution in [0.4, 0.5) is 0 Å². The van der Waals surface area contributed by atoms with Gasteiger partial charge in [0.15, 0.2) is 0 Å². The Morgan fingerprint density at radius 3 is 1.25 bits per heavy atom. The molecule has 0 N–H and O–H groups in total. The minimum Gasteiger partial charge on any atom is -0.493 e. The SMILES string of the molecule is CCCCCCCCCCCCCCCCCCCCCCCCC#CC1=C(c2cccc(CC)c2)[N+](=[N-])C(c2cccc(CC)c2)=C1CCCC.[CH2-]C.[CH2-]C.[Ni+2]. The van der Waals surface area contributed by atoms with Gasteiger partial charge in [0.25, 0.3) is 0 Å². The van der Waals surface area contributed by atoms with Gasteiger partial charge >= 0.3 is 16.5 Å². The van der Waals surface area contributed by atoms with Crippen molar-refractivity contribution in [2.75, 3.05) is 0 Å². The summed E-state index contributed by atoms with van der Waals surface area (Å²) in [5.74, 6) is 7.18. The predicted octanol–water partition coefficient (Wildman–Crippen LogP) is 17.8. The molecule has 0 aliphatic carbocycles. The van der Waals surface area contributed by atoms with Crippen LogP contribution in [0, 0.1) is 25.7 Å². The van der Waals surface area contributed by atoms with Crippen LogP contribution in [-0.4, -0.2) is 4.70 Å². The van der Waals surface area contributed by atoms with Crippen LogP contribution >= 0.6 is 0 Å². The van der Waals surface area contributed by atoms with Crippen LogP contribution in [0.1, 0.15) is 231 Å². The van der Waals surface area contributed by atoms with Gasteiger partial charge in [0.2, 0.25) is 11.4 Å². The molecular formula is C54H86N2Ni. The van der Waals surface area contributed by atoms with Crippen LogP contribution in [0.15, 0.2) is 59.7 Å². The van der Waals surface area contributed by atoms with E-state index in [-0.39, 0.29) is 16.5 Å². The van der Waals surface area contributed by atoms with Crippen molar-refractivity contribution in [3.05, 3.63) is 101 Å². The number of hydrogen-bond donors (Lipinski definition) is 0. The van der Waals surface area contributed by atoms with Gasteiger partial charge in [0.05, 0.1) is 0 Å². The van der Waals surface area contributed by atoms with Crippen molar-refractivity contribution in [1.29, 1.82) is 0 Å². The largest absolute Gasteiger partial charge is 2.00 e. The summed E-state index contributed by atoms with van der Waals surface area (Å²) in [7, 11) is 0. The Bertz CT molecular complexity index is 1420. The zero-order valence-electron chi connectivity index (χ0n) is 38.0. The maximum Gasteiger partial charge on any atom is 2.00 e. The number of rotatable bonds is 29. The van der Waals surface area contributed by atoms with Gasteiger partial charge in [-0.15, -0.1) is 0 Å². The quantitative estimate of drug-likeness (QED) is 0.0257. The molecule has 0 saturated heterocycles. The van der Waals surface area contributed by atoms with Gasteiger partial charge in [-0.2, -0.15) is 13.8 Å². The van der Waals surface area contributed by atoms with E-state index in [1.165, 1.54) is 156 Å². The van der Waals surface area contributed by atoms with Gasteiger partial charge in [-0.3, -0.25) is 0 Å². The summed E-state index contributed by atoms with van der Waals surface area (Å²) in [5.41, 5.74) is 20.5. The minimum absolute atomic E-state index is 0. The minimum atomic E-state index is 0. The average molecular weight is 822 g/mol. The molecule has 0 aromatic heterocycles. The summed E-state index contributed by atoms with van der Waals surface area (Å²) in [6, 6.07) is 17.3. The molecule has 0 radical (unpaired) electrons. The standard InChI is InChI=1S/C50H76N2.2C2H5.Ni/c1-5-9-11-12-13-14-15-16-17-18-19-20-21-22-23-24-25-26-27-28-29-30-31-32-40-48-47(39-10-6-2)49(45-37-33-35-43(7-3)41-45)52(51)50(48)46-38-34-36-44(8-4)42-46;2*1-2;/h33-38,41-42H,5-31,39H2,1-4H3;2*1H2,2H3;/q;2*-1;+2. The molecule has 0 bridgehead atoms. The average Bonchev–Trinajstić information content (AvgIpc) is 3.52. The number of allylic oxidation sites excluding steroid dienone is 2. The van der Waals surface area contributed by atoms with Crippen molar-refractivity contribution in [3.8, 4) is 11.8 Å². The number of unbranched alkanes of at least 4 members (excludes halogenated alkanes) is 23. The Kier molecular flexibility index (Phi) is 36.2. The van der Waals surface area contributed by atoms with E-state index in [2.05, 4.69) is 102 Å². The van der Waals surface area contributed by atoms with E-state index in [4.69, 9.17) is 0 Å². The first kappa shape index (κ1) is 54.6. The van der Waals surface area contributed by atoms with Crippen molar-refractivity contribution in [3.63, 3.8) is 0 Å². The maximum atomic E-state index is 11.9. The third kappa shape index (κ3) is 22.5. The molecule has 0 unspecified atom stereocenters. The second kappa shape index (κ2) is 37.8. The predicted molar refractivity (Wildman–Crippen MR) is 250 cm³/mol. The van der Waals surface area contributed by atoms with E-state index >= 15 is 0 Å². The number of nitrogens with zero attached hydrogens (tertiary/aromatic N) is 2. The summed E-state index contributed by atoms with van der Waals surface area (Å²) in [4.78, 5) is 0. The summed E-state index contributed by atoms with van der Waals surface area (Å²) in [6.07, 6.45) is 37.0. The topological polar surface area (TPSA) is 25.3 Å². The van der Waals surface area contributed by atoms with Crippen molar-refractivity contribution in [1.82, 2.24) is 0 Å². The van der Waals surface area contributed by atoms with Gasteiger partial charge in [0.1, 0.15) is 5.57 Å². The fourth-order valence-electron chi connectivity index (χ4n) is 7.75. The first-order valence-corrected chi connectivity index (χ1v) is 23.7. The molecule has 0 spiro atoms. The van der Waals surface area contributed by atoms with Crippen LogP contribution in [0.2, 0.25) is 0 Å². The molecule has 0 atom stereocenters. The normalized spacial score (nSPS) is 12.0. The molecule has 3 rings (SSSR count). The molecule has 2 nitrogen and oxygen atoms in total. The third-order valence-electron chi connectivity index (χ3n) is 11.1. The molecule has 0 amide bonds. The molecule has 3 heteroatoms. The Labute approximate surface area is 365 Å². The van der Waals surface area contributed by atoms with Crippen molar-refractivity contribution < 1.29 is 21.2 Å². The van der Waals surface area contributed by atoms with E-state index in [9.17, 15) is 5.53 Å². The van der Waals surface area contributed by atoms with Crippen molar-refractivity contribution in [2.45, 2.75) is 221 Å². The molecule has 2 aromatic rings. The van der Waals surface area contributed by atoms with Crippen LogP contribution in [0.3, 0.4) is 0 Å². The Morgan fingerprint density at radius 2 is 0.860 bits per heavy atom. The molecule has 57 heavy (non-hydrogen) atoms. The third-order valence-corrected chi connectivity index (χ3v) is 11.1. The first-order chi connectivity index (χ1) is 27.6. The molecule has 1 aliphatic rings. The van der Waals surface area contributed by atoms with Gasteiger partial charge in [0, 0.05) is 23.1 Å². The number of hydrogen-bond acceptors (Lipinski definition) is 0. The van der Waals surface area contributed by atoms with Crippen LogP contribution in [0.25, 0.3) is 16.9 Å². The fraction of sp³-hybridized carbons (Fsp3) is 0.630. The first-order valence-electron chi connectivity index (χ1n) is 23.7. The summed E-state index contributed by atoms with van der Waals surface area (Å²) in [5, 5.41) is 0. The Hall–Kier alpha value is -2.43. The number of aryl methyl sites for hydroxylation is 2. The molecular weight excluding hydrogens is 735 g/mol. The smallest absolute Gasteiger partial charge is 0.493 e. The second-order valence-corrected chi connectivity index (χ2v) is 15.6. The van der Waals surface area contributed by atoms with Crippen LogP contribution in [-0.2, 0) is 29.3 Å². The van der Waals surface area contributed by atoms with E-state index < -0.39 is 0 Å². The molecule has 1 heterocycles. The van der Waals surface area contributed by atoms with E-state index in [0.29, 0.717) is 0 Å². The number of benzene rings is 2. The molecule has 322 valence electrons. The molecule has 2 aromatic carbocycles. The van der Waals surface area contributed by atoms with Crippen molar-refractivity contribution in [2.24, 2.45) is 0 Å².